The fourth-order valence-electron chi connectivity index (χ4n) is 8.17. The molecule has 0 aromatic heterocycles. The van der Waals surface area contributed by atoms with E-state index in [0.29, 0.717) is 79.7 Å². The van der Waals surface area contributed by atoms with Crippen LogP contribution in [0.2, 0.25) is 0 Å². The van der Waals surface area contributed by atoms with E-state index in [9.17, 15) is 28.8 Å². The molecule has 3 aliphatic rings. The van der Waals surface area contributed by atoms with Gasteiger partial charge in [-0.1, -0.05) is 74.6 Å². The van der Waals surface area contributed by atoms with Crippen LogP contribution in [0.3, 0.4) is 0 Å². The Morgan fingerprint density at radius 2 is 1.51 bits per heavy atom. The molecule has 312 valence electrons. The zero-order valence-electron chi connectivity index (χ0n) is 35.5. The molecule has 4 atom stereocenters. The van der Waals surface area contributed by atoms with Gasteiger partial charge in [0.05, 0.1) is 12.0 Å². The number of carbonyl (C=O) groups is 6. The van der Waals surface area contributed by atoms with E-state index in [4.69, 9.17) is 4.74 Å². The zero-order chi connectivity index (χ0) is 41.9. The van der Waals surface area contributed by atoms with Crippen LogP contribution < -0.4 is 16.0 Å². The van der Waals surface area contributed by atoms with E-state index in [1.54, 1.807) is 25.7 Å². The summed E-state index contributed by atoms with van der Waals surface area (Å²) in [6.45, 7) is 14.7. The lowest BCUT2D eigenvalue weighted by molar-refractivity contribution is -0.141. The highest BCUT2D eigenvalue weighted by Crippen LogP contribution is 2.30. The molecule has 1 saturated heterocycles. The lowest BCUT2D eigenvalue weighted by Crippen LogP contribution is -2.54. The van der Waals surface area contributed by atoms with Crippen molar-refractivity contribution in [3.8, 4) is 0 Å². The number of alkyl carbamates (subject to hydrolysis) is 1. The molecule has 1 aromatic carbocycles. The smallest absolute Gasteiger partial charge is 0.408 e. The van der Waals surface area contributed by atoms with E-state index in [1.165, 1.54) is 12.8 Å². The predicted octanol–water partition coefficient (Wildman–Crippen LogP) is 7.24. The summed E-state index contributed by atoms with van der Waals surface area (Å²) >= 11 is 0. The molecule has 4 amide bonds. The van der Waals surface area contributed by atoms with Gasteiger partial charge in [0.15, 0.2) is 11.6 Å². The molecule has 11 nitrogen and oxygen atoms in total. The molecule has 11 heteroatoms. The number of nitrogens with one attached hydrogen (secondary N) is 3. The predicted molar refractivity (Wildman–Crippen MR) is 222 cm³/mol. The molecule has 0 radical (unpaired) electrons. The minimum absolute atomic E-state index is 0.109. The molecule has 57 heavy (non-hydrogen) atoms. The van der Waals surface area contributed by atoms with Crippen molar-refractivity contribution in [2.75, 3.05) is 6.54 Å². The number of rotatable bonds is 17. The molecule has 1 aromatic rings. The summed E-state index contributed by atoms with van der Waals surface area (Å²) in [5.74, 6) is -1.20. The van der Waals surface area contributed by atoms with Crippen molar-refractivity contribution < 1.29 is 33.5 Å². The Morgan fingerprint density at radius 1 is 0.842 bits per heavy atom. The second-order valence-corrected chi connectivity index (χ2v) is 17.5. The number of likely N-dealkylation sites (tertiary alicyclic amines) is 1. The molecular formula is C46H66N4O7. The second kappa shape index (κ2) is 20.8. The lowest BCUT2D eigenvalue weighted by Gasteiger charge is -2.29. The number of ketones is 2. The van der Waals surface area contributed by atoms with Gasteiger partial charge in [0, 0.05) is 34.9 Å². The number of nitrogens with zero attached hydrogens (tertiary/aromatic N) is 1. The van der Waals surface area contributed by atoms with Crippen molar-refractivity contribution in [3.63, 3.8) is 0 Å². The minimum atomic E-state index is -0.838. The Labute approximate surface area is 339 Å². The summed E-state index contributed by atoms with van der Waals surface area (Å²) in [4.78, 5) is 82.2. The van der Waals surface area contributed by atoms with Crippen LogP contribution in [0.25, 0.3) is 0 Å². The maximum atomic E-state index is 14.5. The summed E-state index contributed by atoms with van der Waals surface area (Å²) in [7, 11) is 0. The van der Waals surface area contributed by atoms with E-state index in [1.807, 2.05) is 77.1 Å². The molecule has 0 spiro atoms. The van der Waals surface area contributed by atoms with E-state index in [0.717, 1.165) is 24.8 Å². The molecular weight excluding hydrogens is 721 g/mol. The number of allylic oxidation sites excluding steroid dienone is 4. The average molecular weight is 787 g/mol. The van der Waals surface area contributed by atoms with Crippen LogP contribution in [0, 0.1) is 11.8 Å². The number of unbranched alkanes of at least 4 members (excludes halogenated alkanes) is 1. The highest BCUT2D eigenvalue weighted by Gasteiger charge is 2.38. The standard InChI is InChI=1S/C46H66N4O7/c1-29(2)47-42(53)38(22-15-14-21-37-32(5)40(51)30(3)31(4)41(37)52)49-43(54)39-23-16-26-50(39)44(55)35(27-33-17-10-9-11-18-33)24-25-36(28-34-19-12-13-20-34)48-45(56)57-46(6,7)8/h9-11,17-18,24-25,29,34-36,38-39H,12-16,19-23,26-28H2,1-8H3,(H,47,53)(H,48,56)(H,49,54)/b25-24+/t35-,36-,38+,39+/m1/s1. The topological polar surface area (TPSA) is 151 Å². The Kier molecular flexibility index (Phi) is 16.4. The maximum absolute atomic E-state index is 14.5. The first-order chi connectivity index (χ1) is 26.9. The molecule has 1 heterocycles. The Balaban J connectivity index is 1.49. The van der Waals surface area contributed by atoms with Crippen molar-refractivity contribution in [2.24, 2.45) is 11.8 Å². The van der Waals surface area contributed by atoms with Gasteiger partial charge >= 0.3 is 6.09 Å². The van der Waals surface area contributed by atoms with Crippen LogP contribution in [-0.4, -0.2) is 76.6 Å². The molecule has 3 N–H and O–H groups in total. The van der Waals surface area contributed by atoms with Gasteiger partial charge in [-0.05, 0) is 112 Å². The van der Waals surface area contributed by atoms with Gasteiger partial charge in [0.25, 0.3) is 0 Å². The van der Waals surface area contributed by atoms with Crippen molar-refractivity contribution in [1.29, 1.82) is 0 Å². The maximum Gasteiger partial charge on any atom is 0.408 e. The lowest BCUT2D eigenvalue weighted by atomic mass is 9.84. The van der Waals surface area contributed by atoms with Crippen LogP contribution in [0.15, 0.2) is 64.8 Å². The average Bonchev–Trinajstić information content (AvgIpc) is 3.86. The summed E-state index contributed by atoms with van der Waals surface area (Å²) in [5, 5.41) is 8.94. The third kappa shape index (κ3) is 13.3. The molecule has 2 fully saturated rings. The third-order valence-electron chi connectivity index (χ3n) is 11.3. The Hall–Kier alpha value is -4.54. The third-order valence-corrected chi connectivity index (χ3v) is 11.3. The van der Waals surface area contributed by atoms with Crippen LogP contribution in [-0.2, 0) is 35.1 Å². The number of hydrogen-bond donors (Lipinski definition) is 3. The fourth-order valence-corrected chi connectivity index (χ4v) is 8.17. The zero-order valence-corrected chi connectivity index (χ0v) is 35.5. The summed E-state index contributed by atoms with van der Waals surface area (Å²) < 4.78 is 5.59. The Morgan fingerprint density at radius 3 is 2.16 bits per heavy atom. The van der Waals surface area contributed by atoms with Gasteiger partial charge in [0.2, 0.25) is 17.7 Å². The molecule has 1 saturated carbocycles. The summed E-state index contributed by atoms with van der Waals surface area (Å²) in [5.41, 5.74) is 2.27. The number of ether oxygens (including phenoxy) is 1. The van der Waals surface area contributed by atoms with Crippen molar-refractivity contribution in [2.45, 2.75) is 162 Å². The van der Waals surface area contributed by atoms with E-state index < -0.39 is 29.7 Å². The van der Waals surface area contributed by atoms with E-state index >= 15 is 0 Å². The highest BCUT2D eigenvalue weighted by molar-refractivity contribution is 6.24. The SMILES string of the molecule is CC1=C(C)C(=O)C(CCCC[C@H](NC(=O)[C@@H]2CCCN2C(=O)[C@H](/C=C/[C@H](CC2CCCC2)NC(=O)OC(C)(C)C)Cc2ccccc2)C(=O)NC(C)C)=C(C)C1=O. The summed E-state index contributed by atoms with van der Waals surface area (Å²) in [6.07, 6.45) is 12.0. The first-order valence-electron chi connectivity index (χ1n) is 21.0. The van der Waals surface area contributed by atoms with Crippen molar-refractivity contribution in [3.05, 3.63) is 70.3 Å². The van der Waals surface area contributed by atoms with Crippen molar-refractivity contribution in [1.82, 2.24) is 20.9 Å². The first kappa shape index (κ1) is 45.2. The number of benzene rings is 1. The molecule has 0 unspecified atom stereocenters. The van der Waals surface area contributed by atoms with Gasteiger partial charge in [-0.15, -0.1) is 0 Å². The van der Waals surface area contributed by atoms with Crippen LogP contribution >= 0.6 is 0 Å². The van der Waals surface area contributed by atoms with Gasteiger partial charge in [0.1, 0.15) is 17.7 Å². The van der Waals surface area contributed by atoms with Crippen LogP contribution in [0.5, 0.6) is 0 Å². The number of amides is 4. The number of Topliss-reactive ketones (excluding diaryl/α,β-unsaturated/α-hetero) is 2. The van der Waals surface area contributed by atoms with Crippen molar-refractivity contribution >= 4 is 35.4 Å². The molecule has 1 aliphatic heterocycles. The van der Waals surface area contributed by atoms with E-state index in [-0.39, 0.29) is 41.4 Å². The second-order valence-electron chi connectivity index (χ2n) is 17.5. The van der Waals surface area contributed by atoms with Gasteiger partial charge in [-0.25, -0.2) is 4.79 Å². The molecule has 0 bridgehead atoms. The van der Waals surface area contributed by atoms with Gasteiger partial charge < -0.3 is 25.6 Å². The largest absolute Gasteiger partial charge is 0.444 e. The molecule has 2 aliphatic carbocycles. The van der Waals surface area contributed by atoms with Gasteiger partial charge in [-0.2, -0.15) is 0 Å². The summed E-state index contributed by atoms with van der Waals surface area (Å²) in [6, 6.07) is 7.71. The monoisotopic (exact) mass is 786 g/mol. The Bertz CT molecular complexity index is 1710. The first-order valence-corrected chi connectivity index (χ1v) is 21.0. The van der Waals surface area contributed by atoms with Gasteiger partial charge in [-0.3, -0.25) is 24.0 Å². The van der Waals surface area contributed by atoms with Crippen LogP contribution in [0.4, 0.5) is 4.79 Å². The normalized spacial score (nSPS) is 19.7. The minimum Gasteiger partial charge on any atom is -0.444 e. The quantitative estimate of drug-likeness (QED) is 0.0856. The molecule has 4 rings (SSSR count). The van der Waals surface area contributed by atoms with Crippen LogP contribution in [0.1, 0.15) is 132 Å². The number of hydrogen-bond acceptors (Lipinski definition) is 7. The van der Waals surface area contributed by atoms with E-state index in [2.05, 4.69) is 16.0 Å². The fraction of sp³-hybridized carbons (Fsp3) is 0.609. The number of carbonyl (C=O) groups excluding carboxylic acids is 6. The highest BCUT2D eigenvalue weighted by atomic mass is 16.6.